The highest BCUT2D eigenvalue weighted by atomic mass is 35.5. The van der Waals surface area contributed by atoms with Gasteiger partial charge in [-0.2, -0.15) is 0 Å². The Balaban J connectivity index is 2.28. The first kappa shape index (κ1) is 12.6. The summed E-state index contributed by atoms with van der Waals surface area (Å²) in [5, 5.41) is 12.5. The molecule has 0 aliphatic carbocycles. The molecule has 96 valence electrons. The highest BCUT2D eigenvalue weighted by Gasteiger charge is 2.21. The highest BCUT2D eigenvalue weighted by Crippen LogP contribution is 2.30. The van der Waals surface area contributed by atoms with Crippen molar-refractivity contribution in [1.82, 2.24) is 0 Å². The Morgan fingerprint density at radius 1 is 1.44 bits per heavy atom. The molecule has 1 amide bonds. The van der Waals surface area contributed by atoms with Crippen molar-refractivity contribution in [3.8, 4) is 0 Å². The average Bonchev–Trinajstić information content (AvgIpc) is 2.82. The van der Waals surface area contributed by atoms with Gasteiger partial charge in [0.1, 0.15) is 6.61 Å². The van der Waals surface area contributed by atoms with Gasteiger partial charge in [-0.3, -0.25) is 4.79 Å². The van der Waals surface area contributed by atoms with Crippen molar-refractivity contribution in [1.29, 1.82) is 0 Å². The smallest absolute Gasteiger partial charge is 0.394 e. The normalized spacial score (nSPS) is 14.6. The largest absolute Gasteiger partial charge is 0.474 e. The predicted octanol–water partition coefficient (Wildman–Crippen LogP) is 1.05. The molecule has 7 nitrogen and oxygen atoms in total. The molecule has 0 atom stereocenters. The Hall–Kier alpha value is -1.83. The lowest BCUT2D eigenvalue weighted by Gasteiger charge is -2.17. The second-order valence-electron chi connectivity index (χ2n) is 3.42. The fourth-order valence-corrected chi connectivity index (χ4v) is 1.59. The summed E-state index contributed by atoms with van der Waals surface area (Å²) in [5.74, 6) is -2.74. The van der Waals surface area contributed by atoms with Crippen LogP contribution in [0.1, 0.15) is 0 Å². The highest BCUT2D eigenvalue weighted by molar-refractivity contribution is 6.37. The van der Waals surface area contributed by atoms with Gasteiger partial charge in [-0.05, 0) is 18.2 Å². The minimum Gasteiger partial charge on any atom is -0.474 e. The van der Waals surface area contributed by atoms with Crippen LogP contribution in [0.5, 0.6) is 0 Å². The number of carbonyl (C=O) groups excluding carboxylic acids is 1. The Kier molecular flexibility index (Phi) is 3.66. The van der Waals surface area contributed by atoms with E-state index in [2.05, 4.69) is 5.32 Å². The number of amides is 1. The number of carboxylic acid groups (broad SMARTS) is 1. The van der Waals surface area contributed by atoms with Crippen LogP contribution in [0.2, 0.25) is 5.02 Å². The van der Waals surface area contributed by atoms with E-state index in [0.29, 0.717) is 23.9 Å². The van der Waals surface area contributed by atoms with E-state index in [1.807, 2.05) is 0 Å². The molecule has 8 heteroatoms. The van der Waals surface area contributed by atoms with Gasteiger partial charge in [-0.15, -0.1) is 4.99 Å². The zero-order chi connectivity index (χ0) is 13.1. The first-order valence-electron chi connectivity index (χ1n) is 4.99. The van der Waals surface area contributed by atoms with Gasteiger partial charge >= 0.3 is 11.9 Å². The fraction of sp³-hybridized carbons (Fsp3) is 0.200. The van der Waals surface area contributed by atoms with Crippen LogP contribution in [0.25, 0.3) is 0 Å². The number of hydrogen-bond acceptors (Lipinski definition) is 5. The molecule has 0 bridgehead atoms. The summed E-state index contributed by atoms with van der Waals surface area (Å²) in [6.07, 6.45) is 0. The van der Waals surface area contributed by atoms with E-state index in [0.717, 1.165) is 0 Å². The van der Waals surface area contributed by atoms with Crippen molar-refractivity contribution < 1.29 is 24.6 Å². The van der Waals surface area contributed by atoms with E-state index in [9.17, 15) is 9.59 Å². The number of nitrogens with one attached hydrogen (secondary N) is 1. The van der Waals surface area contributed by atoms with E-state index in [-0.39, 0.29) is 5.69 Å². The Morgan fingerprint density at radius 2 is 2.22 bits per heavy atom. The summed E-state index contributed by atoms with van der Waals surface area (Å²) in [4.78, 5) is 31.2. The number of anilines is 2. The molecule has 1 saturated heterocycles. The minimum atomic E-state index is -1.58. The molecule has 0 radical (unpaired) electrons. The molecule has 1 aromatic rings. The maximum atomic E-state index is 11.1. The van der Waals surface area contributed by atoms with Crippen molar-refractivity contribution >= 4 is 34.9 Å². The van der Waals surface area contributed by atoms with E-state index < -0.39 is 11.9 Å². The third-order valence-corrected chi connectivity index (χ3v) is 2.43. The summed E-state index contributed by atoms with van der Waals surface area (Å²) < 4.78 is 0. The molecular weight excluding hydrogens is 264 g/mol. The fourth-order valence-electron chi connectivity index (χ4n) is 1.42. The summed E-state index contributed by atoms with van der Waals surface area (Å²) in [6, 6.07) is 4.61. The third-order valence-electron chi connectivity index (χ3n) is 2.19. The van der Waals surface area contributed by atoms with Crippen molar-refractivity contribution in [2.24, 2.45) is 0 Å². The van der Waals surface area contributed by atoms with Gasteiger partial charge in [0, 0.05) is 5.02 Å². The number of nitrogens with zero attached hydrogens (tertiary/aromatic N) is 1. The monoisotopic (exact) mass is 272 g/mol. The van der Waals surface area contributed by atoms with Crippen LogP contribution >= 0.6 is 11.6 Å². The van der Waals surface area contributed by atoms with Crippen molar-refractivity contribution in [2.45, 2.75) is 0 Å². The van der Waals surface area contributed by atoms with Crippen LogP contribution in [-0.4, -0.2) is 30.1 Å². The van der Waals surface area contributed by atoms with Gasteiger partial charge in [0.25, 0.3) is 0 Å². The molecule has 18 heavy (non-hydrogen) atoms. The molecule has 0 unspecified atom stereocenters. The molecule has 0 spiro atoms. The molecule has 1 aliphatic rings. The Morgan fingerprint density at radius 3 is 2.83 bits per heavy atom. The predicted molar refractivity (Wildman–Crippen MR) is 62.1 cm³/mol. The molecule has 1 aliphatic heterocycles. The number of halogens is 1. The van der Waals surface area contributed by atoms with Crippen molar-refractivity contribution in [2.75, 3.05) is 23.5 Å². The summed E-state index contributed by atoms with van der Waals surface area (Å²) in [7, 11) is 0. The van der Waals surface area contributed by atoms with E-state index in [1.165, 1.54) is 11.1 Å². The van der Waals surface area contributed by atoms with Crippen LogP contribution in [0.15, 0.2) is 18.2 Å². The van der Waals surface area contributed by atoms with Gasteiger partial charge in [0.2, 0.25) is 0 Å². The number of benzene rings is 1. The topological polar surface area (TPSA) is 88.1 Å². The van der Waals surface area contributed by atoms with E-state index >= 15 is 0 Å². The SMILES string of the molecule is O=C(O)C(=O)Nc1cc(Cl)ccc1N1CCOO1. The van der Waals surface area contributed by atoms with Gasteiger partial charge in [0.05, 0.1) is 17.9 Å². The number of rotatable bonds is 2. The van der Waals surface area contributed by atoms with Gasteiger partial charge in [-0.25, -0.2) is 14.7 Å². The maximum absolute atomic E-state index is 11.1. The number of hydrogen-bond donors (Lipinski definition) is 2. The quantitative estimate of drug-likeness (QED) is 0.618. The van der Waals surface area contributed by atoms with E-state index in [1.54, 1.807) is 12.1 Å². The number of carboxylic acids is 1. The summed E-state index contributed by atoms with van der Waals surface area (Å²) >= 11 is 5.80. The van der Waals surface area contributed by atoms with Crippen LogP contribution in [0.4, 0.5) is 11.4 Å². The van der Waals surface area contributed by atoms with Crippen LogP contribution in [0.3, 0.4) is 0 Å². The molecule has 2 rings (SSSR count). The van der Waals surface area contributed by atoms with Crippen LogP contribution < -0.4 is 10.4 Å². The molecule has 1 fully saturated rings. The Bertz CT molecular complexity index is 487. The third kappa shape index (κ3) is 2.70. The molecule has 1 aromatic carbocycles. The van der Waals surface area contributed by atoms with Gasteiger partial charge in [0.15, 0.2) is 0 Å². The second kappa shape index (κ2) is 5.21. The van der Waals surface area contributed by atoms with Crippen LogP contribution in [0, 0.1) is 0 Å². The minimum absolute atomic E-state index is 0.236. The Labute approximate surface area is 107 Å². The lowest BCUT2D eigenvalue weighted by Crippen LogP contribution is -2.24. The van der Waals surface area contributed by atoms with Crippen molar-refractivity contribution in [3.05, 3.63) is 23.2 Å². The van der Waals surface area contributed by atoms with Crippen LogP contribution in [-0.2, 0) is 19.5 Å². The zero-order valence-corrected chi connectivity index (χ0v) is 9.81. The lowest BCUT2D eigenvalue weighted by atomic mass is 10.2. The molecule has 1 heterocycles. The summed E-state index contributed by atoms with van der Waals surface area (Å²) in [5.41, 5.74) is 0.701. The summed E-state index contributed by atoms with van der Waals surface area (Å²) in [6.45, 7) is 0.826. The molecule has 0 aromatic heterocycles. The number of aliphatic carboxylic acids is 1. The molecule has 0 saturated carbocycles. The average molecular weight is 273 g/mol. The first-order chi connectivity index (χ1) is 8.58. The van der Waals surface area contributed by atoms with Gasteiger partial charge in [-0.1, -0.05) is 11.6 Å². The molecular formula is C10H9ClN2O5. The van der Waals surface area contributed by atoms with Crippen molar-refractivity contribution in [3.63, 3.8) is 0 Å². The van der Waals surface area contributed by atoms with Gasteiger partial charge < -0.3 is 10.4 Å². The first-order valence-corrected chi connectivity index (χ1v) is 5.36. The maximum Gasteiger partial charge on any atom is 0.394 e. The van der Waals surface area contributed by atoms with E-state index in [4.69, 9.17) is 26.6 Å². The zero-order valence-electron chi connectivity index (χ0n) is 9.05. The second-order valence-corrected chi connectivity index (χ2v) is 3.86. The molecule has 2 N–H and O–H groups in total. The lowest BCUT2D eigenvalue weighted by molar-refractivity contribution is -0.258. The standard InChI is InChI=1S/C10H9ClN2O5/c11-6-1-2-8(13-3-4-17-18-13)7(5-6)12-9(14)10(15)16/h1-2,5H,3-4H2,(H,12,14)(H,15,16). The number of carbonyl (C=O) groups is 2. The number of hydroxylamine groups is 1.